The molecule has 2 aromatic heterocycles. The van der Waals surface area contributed by atoms with Crippen LogP contribution in [0.5, 0.6) is 5.75 Å². The molecule has 1 aliphatic heterocycles. The number of halogens is 1. The van der Waals surface area contributed by atoms with Crippen LogP contribution in [0.1, 0.15) is 28.9 Å². The van der Waals surface area contributed by atoms with Gasteiger partial charge in [0, 0.05) is 30.3 Å². The van der Waals surface area contributed by atoms with Gasteiger partial charge in [0.15, 0.2) is 0 Å². The van der Waals surface area contributed by atoms with Crippen LogP contribution >= 0.6 is 0 Å². The van der Waals surface area contributed by atoms with E-state index in [2.05, 4.69) is 15.5 Å². The van der Waals surface area contributed by atoms with Crippen LogP contribution in [0.25, 0.3) is 22.4 Å². The Balaban J connectivity index is 1.50. The number of pyridine rings is 1. The summed E-state index contributed by atoms with van der Waals surface area (Å²) < 4.78 is 24.2. The minimum absolute atomic E-state index is 0.0468. The SMILES string of the molecule is COc1cc(NC(=O)c2cc(-c3ccc(F)cc3)nc3onc(C)c23)ccc1N1CCCC1=O. The number of amides is 2. The van der Waals surface area contributed by atoms with Gasteiger partial charge in [0.1, 0.15) is 11.6 Å². The second kappa shape index (κ2) is 8.58. The zero-order chi connectivity index (χ0) is 23.8. The van der Waals surface area contributed by atoms with Gasteiger partial charge >= 0.3 is 0 Å². The van der Waals surface area contributed by atoms with Crippen molar-refractivity contribution in [2.45, 2.75) is 19.8 Å². The number of nitrogens with zero attached hydrogens (tertiary/aromatic N) is 3. The van der Waals surface area contributed by atoms with Crippen LogP contribution in [0.2, 0.25) is 0 Å². The number of anilines is 2. The predicted molar refractivity (Wildman–Crippen MR) is 124 cm³/mol. The van der Waals surface area contributed by atoms with Crippen LogP contribution in [0.15, 0.2) is 53.1 Å². The van der Waals surface area contributed by atoms with Gasteiger partial charge < -0.3 is 19.5 Å². The summed E-state index contributed by atoms with van der Waals surface area (Å²) in [5.74, 6) is -0.230. The third-order valence-electron chi connectivity index (χ3n) is 5.80. The lowest BCUT2D eigenvalue weighted by molar-refractivity contribution is -0.117. The number of carbonyl (C=O) groups is 2. The molecule has 1 aliphatic rings. The van der Waals surface area contributed by atoms with Gasteiger partial charge in [0.05, 0.1) is 35.1 Å². The first kappa shape index (κ1) is 21.6. The van der Waals surface area contributed by atoms with Gasteiger partial charge in [-0.25, -0.2) is 9.37 Å². The number of benzene rings is 2. The highest BCUT2D eigenvalue weighted by Crippen LogP contribution is 2.34. The summed E-state index contributed by atoms with van der Waals surface area (Å²) in [4.78, 5) is 31.6. The molecule has 1 N–H and O–H groups in total. The largest absolute Gasteiger partial charge is 0.494 e. The molecule has 3 heterocycles. The van der Waals surface area contributed by atoms with Gasteiger partial charge in [-0.05, 0) is 55.8 Å². The van der Waals surface area contributed by atoms with Crippen LogP contribution in [0.3, 0.4) is 0 Å². The lowest BCUT2D eigenvalue weighted by Gasteiger charge is -2.19. The van der Waals surface area contributed by atoms with Gasteiger partial charge in [-0.15, -0.1) is 0 Å². The van der Waals surface area contributed by atoms with E-state index < -0.39 is 5.91 Å². The van der Waals surface area contributed by atoms with Crippen LogP contribution in [0, 0.1) is 12.7 Å². The Morgan fingerprint density at radius 3 is 2.68 bits per heavy atom. The van der Waals surface area contributed by atoms with Crippen molar-refractivity contribution in [2.75, 3.05) is 23.9 Å². The van der Waals surface area contributed by atoms with Gasteiger partial charge in [0.25, 0.3) is 11.6 Å². The first-order valence-electron chi connectivity index (χ1n) is 10.8. The highest BCUT2D eigenvalue weighted by atomic mass is 19.1. The maximum Gasteiger partial charge on any atom is 0.259 e. The first-order chi connectivity index (χ1) is 16.4. The van der Waals surface area contributed by atoms with E-state index in [-0.39, 0.29) is 17.4 Å². The maximum absolute atomic E-state index is 13.4. The summed E-state index contributed by atoms with van der Waals surface area (Å²) in [6.45, 7) is 2.36. The monoisotopic (exact) mass is 460 g/mol. The molecule has 0 bridgehead atoms. The molecule has 172 valence electrons. The lowest BCUT2D eigenvalue weighted by Crippen LogP contribution is -2.24. The van der Waals surface area contributed by atoms with Crippen molar-refractivity contribution < 1.29 is 23.2 Å². The molecule has 1 saturated heterocycles. The third kappa shape index (κ3) is 3.85. The molecule has 4 aromatic rings. The summed E-state index contributed by atoms with van der Waals surface area (Å²) in [6, 6.07) is 12.6. The van der Waals surface area contributed by atoms with E-state index in [1.54, 1.807) is 48.2 Å². The van der Waals surface area contributed by atoms with Crippen molar-refractivity contribution in [2.24, 2.45) is 0 Å². The quantitative estimate of drug-likeness (QED) is 0.463. The molecule has 5 rings (SSSR count). The summed E-state index contributed by atoms with van der Waals surface area (Å²) in [7, 11) is 1.52. The second-order valence-corrected chi connectivity index (χ2v) is 8.00. The number of carbonyl (C=O) groups excluding carboxylic acids is 2. The van der Waals surface area contributed by atoms with Crippen molar-refractivity contribution >= 4 is 34.3 Å². The Labute approximate surface area is 194 Å². The maximum atomic E-state index is 13.4. The number of ether oxygens (including phenoxy) is 1. The van der Waals surface area contributed by atoms with Crippen molar-refractivity contribution in [1.82, 2.24) is 10.1 Å². The van der Waals surface area contributed by atoms with Crippen molar-refractivity contribution in [3.63, 3.8) is 0 Å². The minimum Gasteiger partial charge on any atom is -0.494 e. The Hall–Kier alpha value is -4.27. The minimum atomic E-state index is -0.394. The molecule has 0 spiro atoms. The molecule has 9 heteroatoms. The highest BCUT2D eigenvalue weighted by Gasteiger charge is 2.25. The summed E-state index contributed by atoms with van der Waals surface area (Å²) in [5, 5.41) is 7.32. The van der Waals surface area contributed by atoms with E-state index in [1.165, 1.54) is 19.2 Å². The summed E-state index contributed by atoms with van der Waals surface area (Å²) in [6.07, 6.45) is 1.31. The third-order valence-corrected chi connectivity index (χ3v) is 5.80. The van der Waals surface area contributed by atoms with Gasteiger partial charge in [0.2, 0.25) is 5.91 Å². The fraction of sp³-hybridized carbons (Fsp3) is 0.200. The van der Waals surface area contributed by atoms with E-state index in [0.29, 0.717) is 58.0 Å². The molecule has 2 aromatic carbocycles. The van der Waals surface area contributed by atoms with Gasteiger partial charge in [-0.2, -0.15) is 0 Å². The van der Waals surface area contributed by atoms with Crippen LogP contribution in [-0.2, 0) is 4.79 Å². The summed E-state index contributed by atoms with van der Waals surface area (Å²) >= 11 is 0. The Kier molecular flexibility index (Phi) is 5.45. The molecule has 34 heavy (non-hydrogen) atoms. The molecular formula is C25H21FN4O4. The molecule has 2 amide bonds. The van der Waals surface area contributed by atoms with E-state index in [9.17, 15) is 14.0 Å². The van der Waals surface area contributed by atoms with Crippen LogP contribution < -0.4 is 15.0 Å². The second-order valence-electron chi connectivity index (χ2n) is 8.00. The van der Waals surface area contributed by atoms with Crippen molar-refractivity contribution in [1.29, 1.82) is 0 Å². The molecular weight excluding hydrogens is 439 g/mol. The van der Waals surface area contributed by atoms with Gasteiger partial charge in [-0.1, -0.05) is 5.16 Å². The zero-order valence-corrected chi connectivity index (χ0v) is 18.6. The van der Waals surface area contributed by atoms with Gasteiger partial charge in [-0.3, -0.25) is 9.59 Å². The number of aryl methyl sites for hydroxylation is 1. The molecule has 0 radical (unpaired) electrons. The normalized spacial score (nSPS) is 13.5. The van der Waals surface area contributed by atoms with E-state index in [1.807, 2.05) is 0 Å². The first-order valence-corrected chi connectivity index (χ1v) is 10.8. The smallest absolute Gasteiger partial charge is 0.259 e. The topological polar surface area (TPSA) is 97.6 Å². The van der Waals surface area contributed by atoms with Crippen molar-refractivity contribution in [3.05, 3.63) is 65.6 Å². The number of fused-ring (bicyclic) bond motifs is 1. The molecule has 0 unspecified atom stereocenters. The van der Waals surface area contributed by atoms with E-state index in [4.69, 9.17) is 9.26 Å². The Morgan fingerprint density at radius 2 is 1.97 bits per heavy atom. The van der Waals surface area contributed by atoms with Crippen LogP contribution in [-0.4, -0.2) is 35.6 Å². The predicted octanol–water partition coefficient (Wildman–Crippen LogP) is 4.73. The molecule has 1 fully saturated rings. The average molecular weight is 460 g/mol. The lowest BCUT2D eigenvalue weighted by atomic mass is 10.0. The Morgan fingerprint density at radius 1 is 1.18 bits per heavy atom. The number of aromatic nitrogens is 2. The molecule has 8 nitrogen and oxygen atoms in total. The average Bonchev–Trinajstić information content (AvgIpc) is 3.44. The number of methoxy groups -OCH3 is 1. The van der Waals surface area contributed by atoms with Crippen molar-refractivity contribution in [3.8, 4) is 17.0 Å². The zero-order valence-electron chi connectivity index (χ0n) is 18.6. The number of rotatable bonds is 5. The van der Waals surface area contributed by atoms with Crippen LogP contribution in [0.4, 0.5) is 15.8 Å². The molecule has 0 aliphatic carbocycles. The number of hydrogen-bond donors (Lipinski definition) is 1. The number of nitrogens with one attached hydrogen (secondary N) is 1. The summed E-state index contributed by atoms with van der Waals surface area (Å²) in [5.41, 5.74) is 3.31. The highest BCUT2D eigenvalue weighted by molar-refractivity contribution is 6.13. The molecule has 0 saturated carbocycles. The fourth-order valence-electron chi connectivity index (χ4n) is 4.12. The Bertz CT molecular complexity index is 1410. The fourth-order valence-corrected chi connectivity index (χ4v) is 4.12. The molecule has 0 atom stereocenters. The standard InChI is InChI=1S/C25H21FN4O4/c1-14-23-18(13-19(28-25(23)34-29-14)15-5-7-16(26)8-6-15)24(32)27-17-9-10-20(21(12-17)33-2)30-11-3-4-22(30)31/h5-10,12-13H,3-4,11H2,1-2H3,(H,27,32). The van der Waals surface area contributed by atoms with E-state index in [0.717, 1.165) is 6.42 Å². The van der Waals surface area contributed by atoms with E-state index >= 15 is 0 Å². The number of hydrogen-bond acceptors (Lipinski definition) is 6.